The van der Waals surface area contributed by atoms with Crippen LogP contribution in [0.2, 0.25) is 0 Å². The first-order valence-electron chi connectivity index (χ1n) is 7.55. The lowest BCUT2D eigenvalue weighted by atomic mass is 10.1. The van der Waals surface area contributed by atoms with E-state index >= 15 is 0 Å². The Bertz CT molecular complexity index is 662. The molecule has 23 heavy (non-hydrogen) atoms. The lowest BCUT2D eigenvalue weighted by Crippen LogP contribution is -2.45. The third-order valence-corrected chi connectivity index (χ3v) is 3.82. The van der Waals surface area contributed by atoms with E-state index in [1.165, 1.54) is 12.1 Å². The normalized spacial score (nSPS) is 17.8. The number of carbonyl (C=O) groups excluding carboxylic acids is 1. The van der Waals surface area contributed by atoms with Crippen molar-refractivity contribution in [2.24, 2.45) is 0 Å². The van der Waals surface area contributed by atoms with Gasteiger partial charge >= 0.3 is 0 Å². The molecule has 1 unspecified atom stereocenters. The first-order valence-corrected chi connectivity index (χ1v) is 7.55. The number of morpholine rings is 1. The molecule has 5 heteroatoms. The van der Waals surface area contributed by atoms with Crippen molar-refractivity contribution >= 4 is 5.91 Å². The fourth-order valence-electron chi connectivity index (χ4n) is 2.64. The third kappa shape index (κ3) is 3.68. The second-order valence-electron chi connectivity index (χ2n) is 5.31. The van der Waals surface area contributed by atoms with Crippen molar-refractivity contribution in [2.45, 2.75) is 6.04 Å². The lowest BCUT2D eigenvalue weighted by Gasteiger charge is -2.35. The van der Waals surface area contributed by atoms with Crippen LogP contribution in [0.4, 0.5) is 4.39 Å². The molecule has 0 aromatic heterocycles. The summed E-state index contributed by atoms with van der Waals surface area (Å²) in [7, 11) is 0. The molecule has 1 aliphatic rings. The van der Waals surface area contributed by atoms with Gasteiger partial charge in [0.25, 0.3) is 5.91 Å². The van der Waals surface area contributed by atoms with Gasteiger partial charge in [-0.2, -0.15) is 0 Å². The van der Waals surface area contributed by atoms with E-state index in [4.69, 9.17) is 9.47 Å². The van der Waals surface area contributed by atoms with Gasteiger partial charge in [0.05, 0.1) is 19.3 Å². The first kappa shape index (κ1) is 15.5. The molecule has 4 nitrogen and oxygen atoms in total. The summed E-state index contributed by atoms with van der Waals surface area (Å²) in [5.41, 5.74) is 1.02. The van der Waals surface area contributed by atoms with Gasteiger partial charge in [0.1, 0.15) is 0 Å². The van der Waals surface area contributed by atoms with E-state index in [9.17, 15) is 9.18 Å². The summed E-state index contributed by atoms with van der Waals surface area (Å²) in [5, 5.41) is 0. The summed E-state index contributed by atoms with van der Waals surface area (Å²) in [6.45, 7) is 1.26. The van der Waals surface area contributed by atoms with Crippen molar-refractivity contribution in [2.75, 3.05) is 26.4 Å². The Labute approximate surface area is 134 Å². The molecule has 1 atom stereocenters. The van der Waals surface area contributed by atoms with Crippen molar-refractivity contribution in [3.8, 4) is 5.75 Å². The Morgan fingerprint density at radius 2 is 1.91 bits per heavy atom. The minimum absolute atomic E-state index is 0.0883. The summed E-state index contributed by atoms with van der Waals surface area (Å²) in [6.07, 6.45) is 0. The highest BCUT2D eigenvalue weighted by molar-refractivity contribution is 5.78. The number of nitrogens with zero attached hydrogens (tertiary/aromatic N) is 1. The van der Waals surface area contributed by atoms with Crippen LogP contribution in [0.1, 0.15) is 11.6 Å². The van der Waals surface area contributed by atoms with Crippen LogP contribution in [-0.2, 0) is 9.53 Å². The maximum absolute atomic E-state index is 13.6. The molecule has 1 fully saturated rings. The Balaban J connectivity index is 1.68. The van der Waals surface area contributed by atoms with E-state index in [1.807, 2.05) is 30.3 Å². The SMILES string of the molecule is O=C(COc1ccccc1F)N1CCOCC1c1ccccc1. The highest BCUT2D eigenvalue weighted by Gasteiger charge is 2.28. The molecule has 120 valence electrons. The van der Waals surface area contributed by atoms with Gasteiger partial charge in [-0.3, -0.25) is 4.79 Å². The molecule has 2 aromatic carbocycles. The lowest BCUT2D eigenvalue weighted by molar-refractivity contribution is -0.142. The number of carbonyl (C=O) groups is 1. The van der Waals surface area contributed by atoms with Gasteiger partial charge in [-0.25, -0.2) is 4.39 Å². The standard InChI is InChI=1S/C18H18FNO3/c19-15-8-4-5-9-17(15)23-13-18(21)20-10-11-22-12-16(20)14-6-2-1-3-7-14/h1-9,16H,10-13H2. The van der Waals surface area contributed by atoms with Gasteiger partial charge in [0.15, 0.2) is 18.2 Å². The molecule has 1 saturated heterocycles. The Morgan fingerprint density at radius 3 is 2.70 bits per heavy atom. The Morgan fingerprint density at radius 1 is 1.17 bits per heavy atom. The number of hydrogen-bond acceptors (Lipinski definition) is 3. The van der Waals surface area contributed by atoms with Crippen LogP contribution < -0.4 is 4.74 Å². The summed E-state index contributed by atoms with van der Waals surface area (Å²) in [4.78, 5) is 14.2. The fourth-order valence-corrected chi connectivity index (χ4v) is 2.64. The third-order valence-electron chi connectivity index (χ3n) is 3.82. The van der Waals surface area contributed by atoms with Crippen molar-refractivity contribution in [3.05, 3.63) is 66.0 Å². The number of ether oxygens (including phenoxy) is 2. The van der Waals surface area contributed by atoms with E-state index in [2.05, 4.69) is 0 Å². The first-order chi connectivity index (χ1) is 11.3. The number of rotatable bonds is 4. The number of hydrogen-bond donors (Lipinski definition) is 0. The second kappa shape index (κ2) is 7.24. The molecule has 0 radical (unpaired) electrons. The predicted octanol–water partition coefficient (Wildman–Crippen LogP) is 2.80. The molecule has 1 heterocycles. The zero-order valence-corrected chi connectivity index (χ0v) is 12.7. The van der Waals surface area contributed by atoms with Gasteiger partial charge in [-0.05, 0) is 17.7 Å². The van der Waals surface area contributed by atoms with E-state index in [0.29, 0.717) is 19.8 Å². The van der Waals surface area contributed by atoms with E-state index < -0.39 is 5.82 Å². The molecular formula is C18H18FNO3. The number of para-hydroxylation sites is 1. The zero-order chi connectivity index (χ0) is 16.1. The maximum atomic E-state index is 13.6. The highest BCUT2D eigenvalue weighted by atomic mass is 19.1. The van der Waals surface area contributed by atoms with Crippen LogP contribution in [0.5, 0.6) is 5.75 Å². The monoisotopic (exact) mass is 315 g/mol. The van der Waals surface area contributed by atoms with Crippen LogP contribution in [-0.4, -0.2) is 37.2 Å². The van der Waals surface area contributed by atoms with Crippen molar-refractivity contribution < 1.29 is 18.7 Å². The molecule has 1 aliphatic heterocycles. The largest absolute Gasteiger partial charge is 0.481 e. The van der Waals surface area contributed by atoms with Crippen molar-refractivity contribution in [1.82, 2.24) is 4.90 Å². The minimum Gasteiger partial charge on any atom is -0.481 e. The predicted molar refractivity (Wildman–Crippen MR) is 83.6 cm³/mol. The molecule has 0 saturated carbocycles. The van der Waals surface area contributed by atoms with E-state index in [-0.39, 0.29) is 24.3 Å². The van der Waals surface area contributed by atoms with E-state index in [1.54, 1.807) is 17.0 Å². The second-order valence-corrected chi connectivity index (χ2v) is 5.31. The molecule has 0 bridgehead atoms. The molecular weight excluding hydrogens is 297 g/mol. The molecule has 2 aromatic rings. The number of amides is 1. The summed E-state index contributed by atoms with van der Waals surface area (Å²) in [5.74, 6) is -0.558. The van der Waals surface area contributed by atoms with Crippen molar-refractivity contribution in [3.63, 3.8) is 0 Å². The fraction of sp³-hybridized carbons (Fsp3) is 0.278. The van der Waals surface area contributed by atoms with Gasteiger partial charge < -0.3 is 14.4 Å². The maximum Gasteiger partial charge on any atom is 0.261 e. The zero-order valence-electron chi connectivity index (χ0n) is 12.7. The van der Waals surface area contributed by atoms with Gasteiger partial charge in [0, 0.05) is 6.54 Å². The average molecular weight is 315 g/mol. The van der Waals surface area contributed by atoms with Crippen molar-refractivity contribution in [1.29, 1.82) is 0 Å². The summed E-state index contributed by atoms with van der Waals surface area (Å²) < 4.78 is 24.4. The molecule has 0 spiro atoms. The molecule has 0 N–H and O–H groups in total. The van der Waals surface area contributed by atoms with Crippen LogP contribution in [0, 0.1) is 5.82 Å². The summed E-state index contributed by atoms with van der Waals surface area (Å²) in [6, 6.07) is 15.7. The average Bonchev–Trinajstić information content (AvgIpc) is 2.61. The van der Waals surface area contributed by atoms with Gasteiger partial charge in [-0.1, -0.05) is 42.5 Å². The quantitative estimate of drug-likeness (QED) is 0.871. The van der Waals surface area contributed by atoms with E-state index in [0.717, 1.165) is 5.56 Å². The minimum atomic E-state index is -0.470. The molecule has 1 amide bonds. The molecule has 0 aliphatic carbocycles. The van der Waals surface area contributed by atoms with Crippen LogP contribution >= 0.6 is 0 Å². The Hall–Kier alpha value is -2.40. The van der Waals surface area contributed by atoms with Gasteiger partial charge in [-0.15, -0.1) is 0 Å². The van der Waals surface area contributed by atoms with Crippen LogP contribution in [0.25, 0.3) is 0 Å². The number of halogens is 1. The highest BCUT2D eigenvalue weighted by Crippen LogP contribution is 2.24. The van der Waals surface area contributed by atoms with Crippen LogP contribution in [0.15, 0.2) is 54.6 Å². The topological polar surface area (TPSA) is 38.8 Å². The Kier molecular flexibility index (Phi) is 4.88. The van der Waals surface area contributed by atoms with Gasteiger partial charge in [0.2, 0.25) is 0 Å². The molecule has 3 rings (SSSR count). The number of benzene rings is 2. The summed E-state index contributed by atoms with van der Waals surface area (Å²) >= 11 is 0. The van der Waals surface area contributed by atoms with Crippen LogP contribution in [0.3, 0.4) is 0 Å². The smallest absolute Gasteiger partial charge is 0.261 e.